The third kappa shape index (κ3) is 2.08. The Balaban J connectivity index is 1.63. The topological polar surface area (TPSA) is 58.6 Å². The van der Waals surface area contributed by atoms with Gasteiger partial charge in [-0.3, -0.25) is 0 Å². The van der Waals surface area contributed by atoms with Crippen LogP contribution in [0.25, 0.3) is 0 Å². The lowest BCUT2D eigenvalue weighted by Crippen LogP contribution is -2.55. The number of aliphatic hydroxyl groups is 1. The van der Waals surface area contributed by atoms with E-state index >= 15 is 0 Å². The fourth-order valence-corrected chi connectivity index (χ4v) is 7.57. The van der Waals surface area contributed by atoms with E-state index in [9.17, 15) is 5.11 Å². The van der Waals surface area contributed by atoms with Crippen LogP contribution in [0.2, 0.25) is 0 Å². The lowest BCUT2D eigenvalue weighted by atomic mass is 9.44. The molecular weight excluding hydrogens is 284 g/mol. The number of hydrazone groups is 1. The van der Waals surface area contributed by atoms with Gasteiger partial charge in [-0.05, 0) is 91.8 Å². The molecule has 0 aromatic carbocycles. The van der Waals surface area contributed by atoms with Gasteiger partial charge in [0.15, 0.2) is 0 Å². The minimum absolute atomic E-state index is 0.0553. The zero-order valence-electron chi connectivity index (χ0n) is 15.1. The van der Waals surface area contributed by atoms with Crippen molar-refractivity contribution in [1.82, 2.24) is 0 Å². The van der Waals surface area contributed by atoms with E-state index in [0.717, 1.165) is 36.5 Å². The maximum Gasteiger partial charge on any atom is 0.0596 e. The first-order valence-electron chi connectivity index (χ1n) is 9.85. The minimum Gasteiger partial charge on any atom is -0.393 e. The second-order valence-electron chi connectivity index (χ2n) is 9.72. The Kier molecular flexibility index (Phi) is 3.61. The summed E-state index contributed by atoms with van der Waals surface area (Å²) >= 11 is 0. The molecule has 23 heavy (non-hydrogen) atoms. The van der Waals surface area contributed by atoms with Crippen LogP contribution >= 0.6 is 0 Å². The van der Waals surface area contributed by atoms with Gasteiger partial charge in [-0.2, -0.15) is 5.10 Å². The van der Waals surface area contributed by atoms with Gasteiger partial charge in [0, 0.05) is 5.71 Å². The van der Waals surface area contributed by atoms with Crippen molar-refractivity contribution in [2.75, 3.05) is 0 Å². The zero-order valence-corrected chi connectivity index (χ0v) is 15.1. The molecule has 4 aliphatic carbocycles. The highest BCUT2D eigenvalue weighted by Gasteiger charge is 2.60. The monoisotopic (exact) mass is 318 g/mol. The van der Waals surface area contributed by atoms with Crippen LogP contribution in [0.1, 0.15) is 72.1 Å². The van der Waals surface area contributed by atoms with Crippen molar-refractivity contribution in [3.63, 3.8) is 0 Å². The quantitative estimate of drug-likeness (QED) is 0.525. The maximum atomic E-state index is 10.5. The van der Waals surface area contributed by atoms with Gasteiger partial charge >= 0.3 is 0 Å². The van der Waals surface area contributed by atoms with Crippen molar-refractivity contribution in [2.24, 2.45) is 51.4 Å². The number of hydrogen-bond donors (Lipinski definition) is 2. The second kappa shape index (κ2) is 5.21. The molecular formula is C20H34N2O. The van der Waals surface area contributed by atoms with Gasteiger partial charge < -0.3 is 10.9 Å². The third-order valence-corrected chi connectivity index (χ3v) is 8.95. The van der Waals surface area contributed by atoms with E-state index in [-0.39, 0.29) is 11.5 Å². The van der Waals surface area contributed by atoms with Crippen molar-refractivity contribution in [2.45, 2.75) is 78.2 Å². The molecule has 4 aliphatic rings. The lowest BCUT2D eigenvalue weighted by molar-refractivity contribution is -0.116. The largest absolute Gasteiger partial charge is 0.393 e. The van der Waals surface area contributed by atoms with Gasteiger partial charge in [-0.1, -0.05) is 20.8 Å². The predicted octanol–water partition coefficient (Wildman–Crippen LogP) is 3.95. The first kappa shape index (κ1) is 15.9. The van der Waals surface area contributed by atoms with Crippen LogP contribution in [0, 0.1) is 40.4 Å². The van der Waals surface area contributed by atoms with E-state index in [2.05, 4.69) is 25.9 Å². The number of nitrogens with zero attached hydrogens (tertiary/aromatic N) is 1. The number of fused-ring (bicyclic) bond motifs is 5. The van der Waals surface area contributed by atoms with Crippen LogP contribution in [0.4, 0.5) is 0 Å². The van der Waals surface area contributed by atoms with E-state index in [1.54, 1.807) is 0 Å². The predicted molar refractivity (Wildman–Crippen MR) is 93.9 cm³/mol. The number of rotatable bonds is 0. The lowest BCUT2D eigenvalue weighted by Gasteiger charge is -2.61. The van der Waals surface area contributed by atoms with Crippen LogP contribution in [0.3, 0.4) is 0 Å². The maximum absolute atomic E-state index is 10.5. The molecule has 3 heteroatoms. The van der Waals surface area contributed by atoms with Crippen molar-refractivity contribution in [3.8, 4) is 0 Å². The van der Waals surface area contributed by atoms with Gasteiger partial charge in [-0.25, -0.2) is 0 Å². The summed E-state index contributed by atoms with van der Waals surface area (Å²) in [4.78, 5) is 0. The first-order valence-corrected chi connectivity index (χ1v) is 9.85. The summed E-state index contributed by atoms with van der Waals surface area (Å²) in [7, 11) is 0. The van der Waals surface area contributed by atoms with Crippen LogP contribution < -0.4 is 5.84 Å². The standard InChI is InChI=1S/C20H34N2O/c1-12-11-20(3)13(10-17(12)22-21)4-5-14-15-6-7-18(23)19(15,2)9-8-16(14)20/h12-16,18,23H,4-11,21H2,1-3H3/b22-17-/t12-,13-,14-,15-,16-,18+,19-,20-/m0/s1. The summed E-state index contributed by atoms with van der Waals surface area (Å²) in [5.41, 5.74) is 1.92. The third-order valence-electron chi connectivity index (χ3n) is 8.95. The fourth-order valence-electron chi connectivity index (χ4n) is 7.57. The van der Waals surface area contributed by atoms with E-state index in [0.29, 0.717) is 11.3 Å². The van der Waals surface area contributed by atoms with Gasteiger partial charge in [-0.15, -0.1) is 0 Å². The number of aliphatic hydroxyl groups excluding tert-OH is 1. The molecule has 4 rings (SSSR count). The molecule has 0 bridgehead atoms. The van der Waals surface area contributed by atoms with Gasteiger partial charge in [0.1, 0.15) is 0 Å². The Morgan fingerprint density at radius 2 is 1.78 bits per heavy atom. The second-order valence-corrected chi connectivity index (χ2v) is 9.72. The highest BCUT2D eigenvalue weighted by atomic mass is 16.3. The summed E-state index contributed by atoms with van der Waals surface area (Å²) in [6, 6.07) is 0. The molecule has 0 aromatic heterocycles. The van der Waals surface area contributed by atoms with Gasteiger partial charge in [0.25, 0.3) is 0 Å². The zero-order chi connectivity index (χ0) is 16.4. The number of hydrogen-bond acceptors (Lipinski definition) is 3. The van der Waals surface area contributed by atoms with Gasteiger partial charge in [0.05, 0.1) is 6.10 Å². The molecule has 3 nitrogen and oxygen atoms in total. The molecule has 0 aliphatic heterocycles. The molecule has 0 radical (unpaired) electrons. The molecule has 0 saturated heterocycles. The Hall–Kier alpha value is -0.570. The Bertz CT molecular complexity index is 518. The normalized spacial score (nSPS) is 57.7. The van der Waals surface area contributed by atoms with Crippen LogP contribution in [-0.2, 0) is 0 Å². The Labute approximate surface area is 141 Å². The molecule has 0 unspecified atom stereocenters. The van der Waals surface area contributed by atoms with Crippen LogP contribution in [0.15, 0.2) is 5.10 Å². The highest BCUT2D eigenvalue weighted by Crippen LogP contribution is 2.66. The highest BCUT2D eigenvalue weighted by molar-refractivity contribution is 5.87. The molecule has 0 heterocycles. The molecule has 4 fully saturated rings. The SMILES string of the molecule is C[C@H]1C[C@@]2(C)[C@@H](CC[C@@H]3[C@@H]2CC[C@]2(C)[C@H](O)CC[C@@H]32)C/C1=N/N. The van der Waals surface area contributed by atoms with E-state index in [4.69, 9.17) is 5.84 Å². The molecule has 0 spiro atoms. The summed E-state index contributed by atoms with van der Waals surface area (Å²) < 4.78 is 0. The fraction of sp³-hybridized carbons (Fsp3) is 0.950. The molecule has 4 saturated carbocycles. The van der Waals surface area contributed by atoms with E-state index in [1.165, 1.54) is 44.2 Å². The Morgan fingerprint density at radius 3 is 2.52 bits per heavy atom. The van der Waals surface area contributed by atoms with Crippen LogP contribution in [0.5, 0.6) is 0 Å². The summed E-state index contributed by atoms with van der Waals surface area (Å²) in [6.45, 7) is 7.28. The van der Waals surface area contributed by atoms with Crippen molar-refractivity contribution >= 4 is 5.71 Å². The Morgan fingerprint density at radius 1 is 1.04 bits per heavy atom. The van der Waals surface area contributed by atoms with Crippen molar-refractivity contribution < 1.29 is 5.11 Å². The van der Waals surface area contributed by atoms with Gasteiger partial charge in [0.2, 0.25) is 0 Å². The molecule has 0 aromatic rings. The summed E-state index contributed by atoms with van der Waals surface area (Å²) in [6.07, 6.45) is 9.88. The molecule has 130 valence electrons. The average molecular weight is 319 g/mol. The van der Waals surface area contributed by atoms with Crippen LogP contribution in [-0.4, -0.2) is 16.9 Å². The summed E-state index contributed by atoms with van der Waals surface area (Å²) in [5.74, 6) is 9.43. The number of nitrogens with two attached hydrogens (primary N) is 1. The average Bonchev–Trinajstić information content (AvgIpc) is 2.82. The smallest absolute Gasteiger partial charge is 0.0596 e. The molecule has 3 N–H and O–H groups in total. The van der Waals surface area contributed by atoms with Crippen molar-refractivity contribution in [1.29, 1.82) is 0 Å². The molecule has 8 atom stereocenters. The van der Waals surface area contributed by atoms with E-state index in [1.807, 2.05) is 0 Å². The van der Waals surface area contributed by atoms with Crippen molar-refractivity contribution in [3.05, 3.63) is 0 Å². The van der Waals surface area contributed by atoms with E-state index < -0.39 is 0 Å². The minimum atomic E-state index is -0.0553. The summed E-state index contributed by atoms with van der Waals surface area (Å²) in [5, 5.41) is 14.7. The molecule has 0 amide bonds. The first-order chi connectivity index (χ1) is 10.9.